The molecule has 0 aliphatic carbocycles. The molecule has 5 aromatic rings. The quantitative estimate of drug-likeness (QED) is 0.0388. The van der Waals surface area contributed by atoms with E-state index in [-0.39, 0.29) is 47.1 Å². The molecule has 0 saturated carbocycles. The number of halogens is 5. The number of hydrogen-bond acceptors (Lipinski definition) is 11. The van der Waals surface area contributed by atoms with Crippen molar-refractivity contribution in [1.82, 2.24) is 30.0 Å². The molecule has 1 aliphatic rings. The van der Waals surface area contributed by atoms with Crippen LogP contribution in [0, 0.1) is 11.6 Å². The van der Waals surface area contributed by atoms with Crippen molar-refractivity contribution in [2.24, 2.45) is 0 Å². The Kier molecular flexibility index (Phi) is 17.5. The third-order valence-electron chi connectivity index (χ3n) is 10.8. The van der Waals surface area contributed by atoms with Crippen molar-refractivity contribution in [2.45, 2.75) is 74.0 Å². The molecule has 15 nitrogen and oxygen atoms in total. The van der Waals surface area contributed by atoms with Crippen molar-refractivity contribution in [2.75, 3.05) is 33.4 Å². The fourth-order valence-corrected chi connectivity index (χ4v) is 7.94. The first-order chi connectivity index (χ1) is 30.9. The molecule has 348 valence electrons. The van der Waals surface area contributed by atoms with E-state index in [9.17, 15) is 41.1 Å². The van der Waals surface area contributed by atoms with E-state index in [1.54, 1.807) is 19.5 Å². The molecule has 1 saturated heterocycles. The van der Waals surface area contributed by atoms with Crippen molar-refractivity contribution < 1.29 is 61.5 Å². The Bertz CT molecular complexity index is 2410. The number of nitrogens with zero attached hydrogens (tertiary/aromatic N) is 4. The summed E-state index contributed by atoms with van der Waals surface area (Å²) >= 11 is 1.03. The highest BCUT2D eigenvalue weighted by molar-refractivity contribution is 7.98. The number of aliphatic hydroxyl groups excluding tert-OH is 2. The molecule has 3 unspecified atom stereocenters. The second kappa shape index (κ2) is 22.8. The number of ether oxygens (including phenoxy) is 1. The number of nitrogens with one attached hydrogen (secondary N) is 2. The van der Waals surface area contributed by atoms with Gasteiger partial charge in [-0.15, -0.1) is 0 Å². The summed E-state index contributed by atoms with van der Waals surface area (Å²) < 4.78 is 73.0. The summed E-state index contributed by atoms with van der Waals surface area (Å²) in [6, 6.07) is 16.1. The molecule has 3 atom stereocenters. The van der Waals surface area contributed by atoms with Crippen LogP contribution in [0.2, 0.25) is 0 Å². The minimum atomic E-state index is -4.43. The van der Waals surface area contributed by atoms with Crippen LogP contribution < -0.4 is 5.56 Å². The summed E-state index contributed by atoms with van der Waals surface area (Å²) in [5, 5.41) is 39.5. The topological polar surface area (TPSA) is 222 Å². The molecule has 6 rings (SSSR count). The number of carbonyl (C=O) groups is 3. The summed E-state index contributed by atoms with van der Waals surface area (Å²) in [4.78, 5) is 59.5. The van der Waals surface area contributed by atoms with Gasteiger partial charge < -0.3 is 39.9 Å². The number of alkyl halides is 3. The number of likely N-dealkylation sites (tertiary alicyclic amines) is 1. The molecule has 1 fully saturated rings. The molecule has 21 heteroatoms. The molecule has 0 radical (unpaired) electrons. The summed E-state index contributed by atoms with van der Waals surface area (Å²) in [7, 11) is 1.66. The largest absolute Gasteiger partial charge is 0.479 e. The van der Waals surface area contributed by atoms with E-state index in [0.29, 0.717) is 30.6 Å². The van der Waals surface area contributed by atoms with Gasteiger partial charge in [0.1, 0.15) is 0 Å². The lowest BCUT2D eigenvalue weighted by molar-refractivity contribution is -0.165. The molecule has 6 N–H and O–H groups in total. The molecular weight excluding hydrogens is 884 g/mol. The number of carboxylic acid groups (broad SMARTS) is 2. The number of aromatic amines is 2. The zero-order chi connectivity index (χ0) is 47.4. The van der Waals surface area contributed by atoms with Crippen molar-refractivity contribution >= 4 is 29.6 Å². The standard InChI is InChI=1S/C40H41F5N6O3S.C4H6O6/c1-25(30-21-46-47-22-30)36-34(48-39(49-38(36)53)55-24-29-4-3-5-33(41)37(29)42)20-35(52)51(32-14-16-50(17-15-32)18-19-54-2)23-26-6-8-27(9-7-26)28-10-12-31(13-11-28)40(43,44)45;5-1(3(7)8)2(6)4(9)10/h3-13,21-22,25,32H,14-20,23-24H2,1-2H3,(H,46,47)(H,48,49,53);1-2,5-6H,(H,7,8)(H,9,10). The number of carbonyl (C=O) groups excluding carboxylic acids is 1. The van der Waals surface area contributed by atoms with Crippen LogP contribution in [0.5, 0.6) is 0 Å². The number of H-pyrrole nitrogens is 2. The summed E-state index contributed by atoms with van der Waals surface area (Å²) in [6.45, 7) is 4.96. The first-order valence-corrected chi connectivity index (χ1v) is 21.1. The van der Waals surface area contributed by atoms with Gasteiger partial charge in [0.25, 0.3) is 5.56 Å². The van der Waals surface area contributed by atoms with Crippen molar-refractivity contribution in [3.05, 3.63) is 135 Å². The van der Waals surface area contributed by atoms with Gasteiger partial charge in [0, 0.05) is 68.3 Å². The number of aliphatic hydroxyl groups is 2. The van der Waals surface area contributed by atoms with Gasteiger partial charge in [0.05, 0.1) is 30.5 Å². The number of amides is 1. The number of aliphatic carboxylic acids is 2. The molecule has 1 aliphatic heterocycles. The Morgan fingerprint density at radius 3 is 2.12 bits per heavy atom. The van der Waals surface area contributed by atoms with Gasteiger partial charge >= 0.3 is 18.1 Å². The average molecular weight is 931 g/mol. The Balaban J connectivity index is 0.000000709. The highest BCUT2D eigenvalue weighted by atomic mass is 32.2. The van der Waals surface area contributed by atoms with Gasteiger partial charge in [0.15, 0.2) is 29.0 Å². The van der Waals surface area contributed by atoms with Crippen LogP contribution in [0.25, 0.3) is 11.1 Å². The molecular formula is C44H47F5N6O9S. The van der Waals surface area contributed by atoms with E-state index in [1.807, 2.05) is 36.1 Å². The smallest absolute Gasteiger partial charge is 0.416 e. The van der Waals surface area contributed by atoms with Crippen molar-refractivity contribution in [3.8, 4) is 11.1 Å². The van der Waals surface area contributed by atoms with Crippen LogP contribution in [0.3, 0.4) is 0 Å². The first-order valence-electron chi connectivity index (χ1n) is 20.1. The Morgan fingerprint density at radius 2 is 1.57 bits per heavy atom. The van der Waals surface area contributed by atoms with Gasteiger partial charge in [0.2, 0.25) is 5.91 Å². The lowest BCUT2D eigenvalue weighted by Crippen LogP contribution is -2.48. The predicted molar refractivity (Wildman–Crippen MR) is 227 cm³/mol. The van der Waals surface area contributed by atoms with Crippen molar-refractivity contribution in [3.63, 3.8) is 0 Å². The molecule has 3 heterocycles. The zero-order valence-corrected chi connectivity index (χ0v) is 35.9. The number of carboxylic acids is 2. The Hall–Kier alpha value is -6.00. The third-order valence-corrected chi connectivity index (χ3v) is 11.7. The number of methoxy groups -OCH3 is 1. The predicted octanol–water partition coefficient (Wildman–Crippen LogP) is 5.46. The highest BCUT2D eigenvalue weighted by Crippen LogP contribution is 2.32. The van der Waals surface area contributed by atoms with Crippen molar-refractivity contribution in [1.29, 1.82) is 0 Å². The normalized spacial score (nSPS) is 14.8. The number of rotatable bonds is 17. The van der Waals surface area contributed by atoms with E-state index < -0.39 is 59.0 Å². The van der Waals surface area contributed by atoms with Crippen LogP contribution >= 0.6 is 11.8 Å². The van der Waals surface area contributed by atoms with E-state index in [4.69, 9.17) is 30.1 Å². The van der Waals surface area contributed by atoms with Gasteiger partial charge in [-0.2, -0.15) is 18.3 Å². The minimum absolute atomic E-state index is 0.00715. The van der Waals surface area contributed by atoms with Gasteiger partial charge in [-0.1, -0.05) is 67.2 Å². The molecule has 1 amide bonds. The number of hydrogen-bond donors (Lipinski definition) is 6. The number of aromatic nitrogens is 4. The number of benzene rings is 3. The molecule has 0 spiro atoms. The summed E-state index contributed by atoms with van der Waals surface area (Å²) in [6.07, 6.45) is -4.47. The maximum absolute atomic E-state index is 14.5. The second-order valence-corrected chi connectivity index (χ2v) is 16.1. The molecule has 3 aromatic carbocycles. The Morgan fingerprint density at radius 1 is 0.954 bits per heavy atom. The first kappa shape index (κ1) is 50.0. The second-order valence-electron chi connectivity index (χ2n) is 15.1. The third kappa shape index (κ3) is 13.5. The monoisotopic (exact) mass is 930 g/mol. The maximum Gasteiger partial charge on any atom is 0.416 e. The summed E-state index contributed by atoms with van der Waals surface area (Å²) in [5.74, 6) is -6.22. The lowest BCUT2D eigenvalue weighted by atomic mass is 9.93. The minimum Gasteiger partial charge on any atom is -0.479 e. The fraction of sp³-hybridized carbons (Fsp3) is 0.364. The van der Waals surface area contributed by atoms with E-state index in [2.05, 4.69) is 20.1 Å². The zero-order valence-electron chi connectivity index (χ0n) is 35.1. The van der Waals surface area contributed by atoms with Crippen LogP contribution in [-0.4, -0.2) is 120 Å². The van der Waals surface area contributed by atoms with Crippen LogP contribution in [0.4, 0.5) is 22.0 Å². The summed E-state index contributed by atoms with van der Waals surface area (Å²) in [5.41, 5.74) is 2.40. The molecule has 0 bridgehead atoms. The van der Waals surface area contributed by atoms with E-state index in [0.717, 1.165) is 66.3 Å². The van der Waals surface area contributed by atoms with Crippen LogP contribution in [-0.2, 0) is 44.0 Å². The van der Waals surface area contributed by atoms with E-state index in [1.165, 1.54) is 24.3 Å². The highest BCUT2D eigenvalue weighted by Gasteiger charge is 2.32. The fourth-order valence-electron chi connectivity index (χ4n) is 7.09. The van der Waals surface area contributed by atoms with Gasteiger partial charge in [-0.3, -0.25) is 14.7 Å². The van der Waals surface area contributed by atoms with Crippen LogP contribution in [0.1, 0.15) is 59.2 Å². The van der Waals surface area contributed by atoms with Gasteiger partial charge in [-0.05, 0) is 53.3 Å². The lowest BCUT2D eigenvalue weighted by Gasteiger charge is -2.39. The molecule has 65 heavy (non-hydrogen) atoms. The Labute approximate surface area is 373 Å². The van der Waals surface area contributed by atoms with Gasteiger partial charge in [-0.25, -0.2) is 23.4 Å². The SMILES string of the molecule is COCCN1CCC(N(Cc2ccc(-c3ccc(C(F)(F)F)cc3)cc2)C(=O)Cc2nc(SCc3cccc(F)c3F)[nH]c(=O)c2C(C)c2cn[nH]c2)CC1.O=C(O)C(O)C(O)C(=O)O. The maximum atomic E-state index is 14.5. The molecule has 2 aromatic heterocycles. The van der Waals surface area contributed by atoms with Crippen LogP contribution in [0.15, 0.2) is 89.1 Å². The number of thioether (sulfide) groups is 1. The number of piperidine rings is 1. The van der Waals surface area contributed by atoms with E-state index >= 15 is 0 Å². The average Bonchev–Trinajstić information content (AvgIpc) is 3.83.